The summed E-state index contributed by atoms with van der Waals surface area (Å²) in [5.74, 6) is 1.29. The largest absolute Gasteiger partial charge is 0.495 e. The van der Waals surface area contributed by atoms with Gasteiger partial charge in [0, 0.05) is 12.6 Å². The molecule has 1 amide bonds. The Balaban J connectivity index is 2.20. The molecular formula is C14H19ClN2O3. The smallest absolute Gasteiger partial charge is 0.229 e. The first-order valence-corrected chi connectivity index (χ1v) is 6.87. The number of hydrogen-bond donors (Lipinski definition) is 2. The van der Waals surface area contributed by atoms with E-state index in [1.54, 1.807) is 12.1 Å². The van der Waals surface area contributed by atoms with E-state index in [4.69, 9.17) is 21.1 Å². The molecule has 1 saturated heterocycles. The first-order valence-electron chi connectivity index (χ1n) is 6.50. The van der Waals surface area contributed by atoms with Crippen molar-refractivity contribution in [1.82, 2.24) is 5.32 Å². The number of nitrogens with one attached hydrogen (secondary N) is 2. The highest BCUT2D eigenvalue weighted by atomic mass is 35.5. The molecule has 0 radical (unpaired) electrons. The van der Waals surface area contributed by atoms with Gasteiger partial charge in [-0.3, -0.25) is 4.79 Å². The predicted octanol–water partition coefficient (Wildman–Crippen LogP) is 2.15. The molecule has 0 saturated carbocycles. The Bertz CT molecular complexity index is 507. The van der Waals surface area contributed by atoms with Gasteiger partial charge in [0.05, 0.1) is 30.8 Å². The number of ether oxygens (including phenoxy) is 2. The van der Waals surface area contributed by atoms with Crippen molar-refractivity contribution in [2.24, 2.45) is 11.8 Å². The molecule has 6 heteroatoms. The third-order valence-corrected chi connectivity index (χ3v) is 3.88. The molecule has 110 valence electrons. The Hall–Kier alpha value is -1.46. The van der Waals surface area contributed by atoms with Gasteiger partial charge in [-0.25, -0.2) is 0 Å². The summed E-state index contributed by atoms with van der Waals surface area (Å²) < 4.78 is 10.4. The maximum Gasteiger partial charge on any atom is 0.229 e. The minimum absolute atomic E-state index is 0.0259. The number of carbonyl (C=O) groups is 1. The van der Waals surface area contributed by atoms with Crippen molar-refractivity contribution in [3.8, 4) is 11.5 Å². The highest BCUT2D eigenvalue weighted by molar-refractivity contribution is 6.32. The van der Waals surface area contributed by atoms with Crippen molar-refractivity contribution in [2.45, 2.75) is 6.92 Å². The Morgan fingerprint density at radius 3 is 2.55 bits per heavy atom. The average molecular weight is 299 g/mol. The summed E-state index contributed by atoms with van der Waals surface area (Å²) >= 11 is 6.09. The molecule has 1 aliphatic rings. The van der Waals surface area contributed by atoms with Crippen molar-refractivity contribution in [1.29, 1.82) is 0 Å². The monoisotopic (exact) mass is 298 g/mol. The van der Waals surface area contributed by atoms with E-state index in [2.05, 4.69) is 17.6 Å². The first kappa shape index (κ1) is 14.9. The zero-order valence-electron chi connectivity index (χ0n) is 11.8. The van der Waals surface area contributed by atoms with Crippen LogP contribution in [0.5, 0.6) is 11.5 Å². The van der Waals surface area contributed by atoms with Crippen LogP contribution in [0.25, 0.3) is 0 Å². The van der Waals surface area contributed by atoms with Crippen molar-refractivity contribution in [3.63, 3.8) is 0 Å². The molecule has 2 atom stereocenters. The quantitative estimate of drug-likeness (QED) is 0.894. The molecule has 2 rings (SSSR count). The van der Waals surface area contributed by atoms with Gasteiger partial charge >= 0.3 is 0 Å². The van der Waals surface area contributed by atoms with Gasteiger partial charge in [-0.05, 0) is 18.5 Å². The highest BCUT2D eigenvalue weighted by Crippen LogP contribution is 2.36. The maximum absolute atomic E-state index is 12.3. The number of hydrogen-bond acceptors (Lipinski definition) is 4. The second-order valence-electron chi connectivity index (χ2n) is 4.92. The van der Waals surface area contributed by atoms with E-state index in [1.165, 1.54) is 14.2 Å². The Morgan fingerprint density at radius 2 is 2.00 bits per heavy atom. The fraction of sp³-hybridized carbons (Fsp3) is 0.500. The fourth-order valence-electron chi connectivity index (χ4n) is 2.34. The van der Waals surface area contributed by atoms with Crippen LogP contribution >= 0.6 is 11.6 Å². The summed E-state index contributed by atoms with van der Waals surface area (Å²) in [7, 11) is 3.07. The van der Waals surface area contributed by atoms with E-state index >= 15 is 0 Å². The summed E-state index contributed by atoms with van der Waals surface area (Å²) in [4.78, 5) is 12.3. The van der Waals surface area contributed by atoms with E-state index in [0.717, 1.165) is 6.54 Å². The van der Waals surface area contributed by atoms with E-state index < -0.39 is 0 Å². The van der Waals surface area contributed by atoms with Crippen LogP contribution in [0.15, 0.2) is 12.1 Å². The zero-order chi connectivity index (χ0) is 14.7. The number of carbonyl (C=O) groups excluding carboxylic acids is 1. The molecule has 0 bridgehead atoms. The molecule has 1 aromatic rings. The lowest BCUT2D eigenvalue weighted by Gasteiger charge is -2.17. The van der Waals surface area contributed by atoms with Crippen LogP contribution in [0.4, 0.5) is 5.69 Å². The SMILES string of the molecule is COc1cc(OC)c(NC(=O)C2CNCC2C)cc1Cl. The van der Waals surface area contributed by atoms with Crippen LogP contribution < -0.4 is 20.1 Å². The lowest BCUT2D eigenvalue weighted by Crippen LogP contribution is -2.28. The summed E-state index contributed by atoms with van der Waals surface area (Å²) in [6, 6.07) is 3.30. The van der Waals surface area contributed by atoms with Crippen LogP contribution in [-0.2, 0) is 4.79 Å². The average Bonchev–Trinajstić information content (AvgIpc) is 2.85. The Kier molecular flexibility index (Phi) is 4.73. The Labute approximate surface area is 123 Å². The number of methoxy groups -OCH3 is 2. The normalized spacial score (nSPS) is 21.6. The van der Waals surface area contributed by atoms with Crippen molar-refractivity contribution < 1.29 is 14.3 Å². The van der Waals surface area contributed by atoms with Crippen molar-refractivity contribution in [2.75, 3.05) is 32.6 Å². The molecule has 1 aliphatic heterocycles. The minimum atomic E-state index is -0.0411. The van der Waals surface area contributed by atoms with Crippen molar-refractivity contribution in [3.05, 3.63) is 17.2 Å². The summed E-state index contributed by atoms with van der Waals surface area (Å²) in [5, 5.41) is 6.52. The third-order valence-electron chi connectivity index (χ3n) is 3.59. The van der Waals surface area contributed by atoms with E-state index in [1.807, 2.05) is 0 Å². The fourth-order valence-corrected chi connectivity index (χ4v) is 2.59. The van der Waals surface area contributed by atoms with Crippen LogP contribution in [0.1, 0.15) is 6.92 Å². The standard InChI is InChI=1S/C14H19ClN2O3/c1-8-6-16-7-9(8)14(18)17-11-4-10(15)12(19-2)5-13(11)20-3/h4-5,8-9,16H,6-7H2,1-3H3,(H,17,18). The molecule has 0 spiro atoms. The van der Waals surface area contributed by atoms with Crippen LogP contribution in [-0.4, -0.2) is 33.2 Å². The number of benzene rings is 1. The second kappa shape index (κ2) is 6.33. The summed E-state index contributed by atoms with van der Waals surface area (Å²) in [5.41, 5.74) is 0.558. The lowest BCUT2D eigenvalue weighted by molar-refractivity contribution is -0.120. The molecule has 20 heavy (non-hydrogen) atoms. The van der Waals surface area contributed by atoms with Gasteiger partial charge < -0.3 is 20.1 Å². The van der Waals surface area contributed by atoms with Crippen molar-refractivity contribution >= 4 is 23.2 Å². The Morgan fingerprint density at radius 1 is 1.30 bits per heavy atom. The highest BCUT2D eigenvalue weighted by Gasteiger charge is 2.30. The van der Waals surface area contributed by atoms with Gasteiger partial charge in [0.25, 0.3) is 0 Å². The number of rotatable bonds is 4. The predicted molar refractivity (Wildman–Crippen MR) is 78.7 cm³/mol. The second-order valence-corrected chi connectivity index (χ2v) is 5.33. The van der Waals surface area contributed by atoms with Crippen LogP contribution in [0, 0.1) is 11.8 Å². The summed E-state index contributed by atoms with van der Waals surface area (Å²) in [6.45, 7) is 3.61. The number of halogens is 1. The minimum Gasteiger partial charge on any atom is -0.495 e. The number of anilines is 1. The topological polar surface area (TPSA) is 59.6 Å². The molecule has 5 nitrogen and oxygen atoms in total. The van der Waals surface area contributed by atoms with E-state index in [0.29, 0.717) is 34.7 Å². The van der Waals surface area contributed by atoms with Gasteiger partial charge in [-0.15, -0.1) is 0 Å². The van der Waals surface area contributed by atoms with Gasteiger partial charge in [0.15, 0.2) is 0 Å². The van der Waals surface area contributed by atoms with Crippen LogP contribution in [0.2, 0.25) is 5.02 Å². The molecule has 0 aliphatic carbocycles. The van der Waals surface area contributed by atoms with Gasteiger partial charge in [0.2, 0.25) is 5.91 Å². The molecule has 1 fully saturated rings. The molecule has 0 aromatic heterocycles. The van der Waals surface area contributed by atoms with Crippen LogP contribution in [0.3, 0.4) is 0 Å². The zero-order valence-corrected chi connectivity index (χ0v) is 12.6. The molecule has 2 unspecified atom stereocenters. The maximum atomic E-state index is 12.3. The van der Waals surface area contributed by atoms with E-state index in [-0.39, 0.29) is 11.8 Å². The lowest BCUT2D eigenvalue weighted by atomic mass is 9.97. The molecule has 2 N–H and O–H groups in total. The molecular weight excluding hydrogens is 280 g/mol. The van der Waals surface area contributed by atoms with Gasteiger partial charge in [-0.1, -0.05) is 18.5 Å². The van der Waals surface area contributed by atoms with Gasteiger partial charge in [0.1, 0.15) is 11.5 Å². The molecule has 1 heterocycles. The third kappa shape index (κ3) is 2.99. The number of amides is 1. The summed E-state index contributed by atoms with van der Waals surface area (Å²) in [6.07, 6.45) is 0. The van der Waals surface area contributed by atoms with Gasteiger partial charge in [-0.2, -0.15) is 0 Å². The molecule has 1 aromatic carbocycles. The first-order chi connectivity index (χ1) is 9.56. The van der Waals surface area contributed by atoms with E-state index in [9.17, 15) is 4.79 Å².